The summed E-state index contributed by atoms with van der Waals surface area (Å²) in [5.41, 5.74) is 0. The predicted octanol–water partition coefficient (Wildman–Crippen LogP) is 0.149. The molecule has 0 heterocycles. The number of hydrogen-bond acceptors (Lipinski definition) is 2. The summed E-state index contributed by atoms with van der Waals surface area (Å²) in [5.74, 6) is 0. The van der Waals surface area contributed by atoms with Gasteiger partial charge in [-0.2, -0.15) is 0 Å². The van der Waals surface area contributed by atoms with Crippen LogP contribution >= 0.6 is 0 Å². The maximum absolute atomic E-state index is 8.74. The van der Waals surface area contributed by atoms with Crippen LogP contribution in [0.15, 0.2) is 0 Å². The summed E-state index contributed by atoms with van der Waals surface area (Å²) in [6, 6.07) is 0. The molecule has 0 aromatic heterocycles. The molecule has 1 atom stereocenters. The molecule has 0 saturated heterocycles. The van der Waals surface area contributed by atoms with E-state index >= 15 is 0 Å². The number of unbranched alkanes of at least 4 members (excludes halogenated alkanes) is 1. The van der Waals surface area contributed by atoms with E-state index in [1.807, 2.05) is 0 Å². The standard InChI is InChI=1S/C6H14O2.Sn/c1-2-3-4-6(8)5-7;/h6-8H,2-5H2,1H3;. The molecule has 1 unspecified atom stereocenters. The van der Waals surface area contributed by atoms with E-state index in [-0.39, 0.29) is 30.5 Å². The van der Waals surface area contributed by atoms with Crippen molar-refractivity contribution in [3.63, 3.8) is 0 Å². The van der Waals surface area contributed by atoms with Crippen molar-refractivity contribution in [3.8, 4) is 0 Å². The molecule has 0 aliphatic carbocycles. The van der Waals surface area contributed by atoms with Crippen molar-refractivity contribution in [1.29, 1.82) is 0 Å². The van der Waals surface area contributed by atoms with Crippen molar-refractivity contribution in [1.82, 2.24) is 0 Å². The van der Waals surface area contributed by atoms with E-state index in [0.717, 1.165) is 19.3 Å². The fourth-order valence-electron chi connectivity index (χ4n) is 0.531. The molecule has 0 bridgehead atoms. The van der Waals surface area contributed by atoms with Gasteiger partial charge in [0, 0.05) is 23.9 Å². The van der Waals surface area contributed by atoms with Gasteiger partial charge in [-0.1, -0.05) is 19.8 Å². The van der Waals surface area contributed by atoms with Gasteiger partial charge < -0.3 is 10.2 Å². The van der Waals surface area contributed by atoms with Gasteiger partial charge in [0.2, 0.25) is 0 Å². The molecule has 0 fully saturated rings. The maximum atomic E-state index is 8.74. The Morgan fingerprint density at radius 3 is 2.33 bits per heavy atom. The van der Waals surface area contributed by atoms with E-state index in [0.29, 0.717) is 0 Å². The average Bonchev–Trinajstić information content (AvgIpc) is 1.83. The van der Waals surface area contributed by atoms with E-state index in [9.17, 15) is 0 Å². The predicted molar refractivity (Wildman–Crippen MR) is 38.4 cm³/mol. The van der Waals surface area contributed by atoms with E-state index in [1.54, 1.807) is 0 Å². The van der Waals surface area contributed by atoms with Crippen LogP contribution in [-0.2, 0) is 0 Å². The molecule has 0 amide bonds. The van der Waals surface area contributed by atoms with Crippen molar-refractivity contribution >= 4 is 23.9 Å². The Kier molecular flexibility index (Phi) is 12.0. The van der Waals surface area contributed by atoms with Gasteiger partial charge in [0.15, 0.2) is 0 Å². The Hall–Kier alpha value is 0.719. The minimum Gasteiger partial charge on any atom is -0.394 e. The Labute approximate surface area is 73.2 Å². The quantitative estimate of drug-likeness (QED) is 0.683. The van der Waals surface area contributed by atoms with E-state index in [1.165, 1.54) is 0 Å². The smallest absolute Gasteiger partial charge is 0.0770 e. The first-order valence-electron chi connectivity index (χ1n) is 3.10. The summed E-state index contributed by atoms with van der Waals surface area (Å²) in [6.07, 6.45) is 2.32. The average molecular weight is 237 g/mol. The number of aliphatic hydroxyl groups excluding tert-OH is 2. The monoisotopic (exact) mass is 238 g/mol. The summed E-state index contributed by atoms with van der Waals surface area (Å²) < 4.78 is 0. The Bertz CT molecular complexity index is 50.3. The SMILES string of the molecule is CCCCC(O)CO.[Sn]. The fourth-order valence-corrected chi connectivity index (χ4v) is 0.531. The van der Waals surface area contributed by atoms with Gasteiger partial charge in [-0.25, -0.2) is 0 Å². The topological polar surface area (TPSA) is 40.5 Å². The van der Waals surface area contributed by atoms with Crippen LogP contribution < -0.4 is 0 Å². The number of rotatable bonds is 4. The number of hydrogen-bond donors (Lipinski definition) is 2. The Balaban J connectivity index is 0. The zero-order chi connectivity index (χ0) is 6.41. The Morgan fingerprint density at radius 1 is 1.44 bits per heavy atom. The molecule has 2 nitrogen and oxygen atoms in total. The summed E-state index contributed by atoms with van der Waals surface area (Å²) in [6.45, 7) is 1.96. The molecule has 2 N–H and O–H groups in total. The van der Waals surface area contributed by atoms with E-state index < -0.39 is 6.10 Å². The van der Waals surface area contributed by atoms with Crippen LogP contribution in [0.2, 0.25) is 0 Å². The van der Waals surface area contributed by atoms with E-state index in [2.05, 4.69) is 6.92 Å². The maximum Gasteiger partial charge on any atom is 0.0770 e. The van der Waals surface area contributed by atoms with Crippen molar-refractivity contribution in [2.45, 2.75) is 32.3 Å². The second-order valence-electron chi connectivity index (χ2n) is 1.98. The van der Waals surface area contributed by atoms with Crippen LogP contribution in [-0.4, -0.2) is 46.8 Å². The van der Waals surface area contributed by atoms with Crippen LogP contribution in [0.4, 0.5) is 0 Å². The second-order valence-corrected chi connectivity index (χ2v) is 1.98. The Morgan fingerprint density at radius 2 is 2.00 bits per heavy atom. The zero-order valence-electron chi connectivity index (χ0n) is 5.80. The third-order valence-corrected chi connectivity index (χ3v) is 1.10. The molecule has 9 heavy (non-hydrogen) atoms. The molecule has 3 heteroatoms. The van der Waals surface area contributed by atoms with Gasteiger partial charge >= 0.3 is 0 Å². The minimum absolute atomic E-state index is 0. The first-order valence-corrected chi connectivity index (χ1v) is 3.10. The largest absolute Gasteiger partial charge is 0.394 e. The van der Waals surface area contributed by atoms with Crippen LogP contribution in [0, 0.1) is 0 Å². The normalized spacial score (nSPS) is 12.3. The van der Waals surface area contributed by atoms with Crippen LogP contribution in [0.5, 0.6) is 0 Å². The summed E-state index contributed by atoms with van der Waals surface area (Å²) in [7, 11) is 0. The first-order chi connectivity index (χ1) is 3.81. The summed E-state index contributed by atoms with van der Waals surface area (Å²) >= 11 is 0. The summed E-state index contributed by atoms with van der Waals surface area (Å²) in [5, 5.41) is 17.1. The third-order valence-electron chi connectivity index (χ3n) is 1.10. The van der Waals surface area contributed by atoms with Gasteiger partial charge in [-0.15, -0.1) is 0 Å². The van der Waals surface area contributed by atoms with Gasteiger partial charge in [0.25, 0.3) is 0 Å². The van der Waals surface area contributed by atoms with Gasteiger partial charge in [0.1, 0.15) is 0 Å². The van der Waals surface area contributed by atoms with Gasteiger partial charge in [-0.05, 0) is 6.42 Å². The van der Waals surface area contributed by atoms with Crippen molar-refractivity contribution in [3.05, 3.63) is 0 Å². The van der Waals surface area contributed by atoms with Crippen molar-refractivity contribution in [2.24, 2.45) is 0 Å². The van der Waals surface area contributed by atoms with Crippen LogP contribution in [0.3, 0.4) is 0 Å². The van der Waals surface area contributed by atoms with Crippen LogP contribution in [0.1, 0.15) is 26.2 Å². The summed E-state index contributed by atoms with van der Waals surface area (Å²) in [4.78, 5) is 0. The van der Waals surface area contributed by atoms with Crippen molar-refractivity contribution < 1.29 is 10.2 Å². The molecule has 0 aromatic rings. The number of aliphatic hydroxyl groups is 2. The molecule has 0 rings (SSSR count). The molecule has 0 aliphatic heterocycles. The molecule has 0 spiro atoms. The molecule has 0 aromatic carbocycles. The van der Waals surface area contributed by atoms with Gasteiger partial charge in [0.05, 0.1) is 12.7 Å². The molecule has 0 aliphatic rings. The first kappa shape index (κ1) is 12.4. The zero-order valence-corrected chi connectivity index (χ0v) is 8.65. The fraction of sp³-hybridized carbons (Fsp3) is 1.00. The molecular weight excluding hydrogens is 223 g/mol. The molecule has 4 radical (unpaired) electrons. The van der Waals surface area contributed by atoms with E-state index in [4.69, 9.17) is 10.2 Å². The molecule has 54 valence electrons. The van der Waals surface area contributed by atoms with Gasteiger partial charge in [-0.3, -0.25) is 0 Å². The minimum atomic E-state index is -0.491. The molecular formula is C6H14O2Sn. The molecule has 0 saturated carbocycles. The third kappa shape index (κ3) is 8.72. The van der Waals surface area contributed by atoms with Crippen LogP contribution in [0.25, 0.3) is 0 Å². The second kappa shape index (κ2) is 8.72. The van der Waals surface area contributed by atoms with Crippen molar-refractivity contribution in [2.75, 3.05) is 6.61 Å².